The van der Waals surface area contributed by atoms with Gasteiger partial charge < -0.3 is 9.15 Å². The summed E-state index contributed by atoms with van der Waals surface area (Å²) in [5.74, 6) is 0.734. The molecule has 0 aliphatic heterocycles. The lowest BCUT2D eigenvalue weighted by Crippen LogP contribution is -2.24. The molecule has 20 heavy (non-hydrogen) atoms. The van der Waals surface area contributed by atoms with Gasteiger partial charge in [-0.3, -0.25) is 4.79 Å². The van der Waals surface area contributed by atoms with Crippen LogP contribution in [0.1, 0.15) is 19.4 Å². The maximum atomic E-state index is 12.4. The Morgan fingerprint density at radius 2 is 1.90 bits per heavy atom. The lowest BCUT2D eigenvalue weighted by Gasteiger charge is -2.21. The van der Waals surface area contributed by atoms with Gasteiger partial charge in [-0.25, -0.2) is 0 Å². The molecule has 0 radical (unpaired) electrons. The first-order valence-electron chi connectivity index (χ1n) is 6.41. The third-order valence-electron chi connectivity index (χ3n) is 3.31. The topological polar surface area (TPSA) is 39.4 Å². The van der Waals surface area contributed by atoms with E-state index in [0.29, 0.717) is 11.3 Å². The second-order valence-electron chi connectivity index (χ2n) is 5.13. The number of allylic oxidation sites excluding steroid dienone is 1. The van der Waals surface area contributed by atoms with Gasteiger partial charge in [-0.1, -0.05) is 50.3 Å². The number of ether oxygens (including phenoxy) is 1. The van der Waals surface area contributed by atoms with Crippen LogP contribution in [-0.4, -0.2) is 7.11 Å². The Kier molecular flexibility index (Phi) is 3.79. The minimum atomic E-state index is -0.513. The number of benzene rings is 1. The van der Waals surface area contributed by atoms with Crippen LogP contribution in [-0.2, 0) is 5.41 Å². The molecule has 2 aromatic rings. The van der Waals surface area contributed by atoms with Gasteiger partial charge in [-0.05, 0) is 0 Å². The molecule has 1 aromatic heterocycles. The monoisotopic (exact) mass is 270 g/mol. The molecule has 0 atom stereocenters. The molecule has 0 amide bonds. The van der Waals surface area contributed by atoms with Crippen molar-refractivity contribution in [3.8, 4) is 17.3 Å². The van der Waals surface area contributed by atoms with Crippen LogP contribution in [0.2, 0.25) is 0 Å². The van der Waals surface area contributed by atoms with E-state index in [4.69, 9.17) is 9.15 Å². The van der Waals surface area contributed by atoms with E-state index in [2.05, 4.69) is 6.58 Å². The van der Waals surface area contributed by atoms with Crippen LogP contribution in [0, 0.1) is 0 Å². The standard InChI is InChI=1S/C17H18O3/c1-5-17(2,3)15-13(18)11-14(20-16(15)19-4)12-9-7-6-8-10-12/h5-11H,1H2,2-4H3. The summed E-state index contributed by atoms with van der Waals surface area (Å²) in [6.07, 6.45) is 1.71. The summed E-state index contributed by atoms with van der Waals surface area (Å²) in [4.78, 5) is 12.4. The lowest BCUT2D eigenvalue weighted by atomic mass is 9.85. The molecule has 1 heterocycles. The predicted octanol–water partition coefficient (Wildman–Crippen LogP) is 3.78. The quantitative estimate of drug-likeness (QED) is 0.794. The maximum absolute atomic E-state index is 12.4. The van der Waals surface area contributed by atoms with E-state index in [1.165, 1.54) is 13.2 Å². The van der Waals surface area contributed by atoms with Gasteiger partial charge in [-0.15, -0.1) is 6.58 Å². The van der Waals surface area contributed by atoms with E-state index in [0.717, 1.165) is 5.56 Å². The summed E-state index contributed by atoms with van der Waals surface area (Å²) in [6, 6.07) is 11.0. The summed E-state index contributed by atoms with van der Waals surface area (Å²) in [5, 5.41) is 0. The highest BCUT2D eigenvalue weighted by molar-refractivity contribution is 5.58. The molecular formula is C17H18O3. The molecule has 0 unspecified atom stereocenters. The van der Waals surface area contributed by atoms with Crippen molar-refractivity contribution in [2.45, 2.75) is 19.3 Å². The second-order valence-corrected chi connectivity index (χ2v) is 5.13. The fraction of sp³-hybridized carbons (Fsp3) is 0.235. The smallest absolute Gasteiger partial charge is 0.292 e. The SMILES string of the molecule is C=CC(C)(C)c1c(OC)oc(-c2ccccc2)cc1=O. The van der Waals surface area contributed by atoms with Crippen molar-refractivity contribution in [2.75, 3.05) is 7.11 Å². The molecule has 104 valence electrons. The predicted molar refractivity (Wildman–Crippen MR) is 80.2 cm³/mol. The zero-order chi connectivity index (χ0) is 14.8. The Bertz CT molecular complexity index is 666. The van der Waals surface area contributed by atoms with E-state index >= 15 is 0 Å². The first kappa shape index (κ1) is 14.1. The normalized spacial score (nSPS) is 11.2. The van der Waals surface area contributed by atoms with E-state index in [-0.39, 0.29) is 11.4 Å². The molecule has 3 nitrogen and oxygen atoms in total. The van der Waals surface area contributed by atoms with Crippen LogP contribution >= 0.6 is 0 Å². The number of hydrogen-bond donors (Lipinski definition) is 0. The molecule has 1 aromatic carbocycles. The summed E-state index contributed by atoms with van der Waals surface area (Å²) < 4.78 is 11.0. The average molecular weight is 270 g/mol. The molecule has 0 spiro atoms. The molecule has 0 N–H and O–H groups in total. The average Bonchev–Trinajstić information content (AvgIpc) is 2.47. The summed E-state index contributed by atoms with van der Waals surface area (Å²) >= 11 is 0. The van der Waals surface area contributed by atoms with E-state index < -0.39 is 5.41 Å². The van der Waals surface area contributed by atoms with Gasteiger partial charge in [0.2, 0.25) is 0 Å². The van der Waals surface area contributed by atoms with Crippen molar-refractivity contribution < 1.29 is 9.15 Å². The van der Waals surface area contributed by atoms with Gasteiger partial charge in [0, 0.05) is 17.0 Å². The number of rotatable bonds is 4. The molecule has 0 saturated heterocycles. The van der Waals surface area contributed by atoms with Gasteiger partial charge in [0.25, 0.3) is 5.95 Å². The zero-order valence-electron chi connectivity index (χ0n) is 12.0. The first-order chi connectivity index (χ1) is 9.49. The highest BCUT2D eigenvalue weighted by Crippen LogP contribution is 2.32. The third kappa shape index (κ3) is 2.52. The Labute approximate surface area is 118 Å². The van der Waals surface area contributed by atoms with Crippen molar-refractivity contribution >= 4 is 0 Å². The van der Waals surface area contributed by atoms with Crippen LogP contribution in [0.4, 0.5) is 0 Å². The fourth-order valence-electron chi connectivity index (χ4n) is 2.04. The lowest BCUT2D eigenvalue weighted by molar-refractivity contribution is 0.289. The Hall–Kier alpha value is -2.29. The van der Waals surface area contributed by atoms with Crippen molar-refractivity contribution in [3.05, 3.63) is 64.8 Å². The Morgan fingerprint density at radius 3 is 2.45 bits per heavy atom. The first-order valence-corrected chi connectivity index (χ1v) is 6.41. The summed E-state index contributed by atoms with van der Waals surface area (Å²) in [6.45, 7) is 7.57. The molecule has 0 aliphatic rings. The number of hydrogen-bond acceptors (Lipinski definition) is 3. The van der Waals surface area contributed by atoms with Crippen LogP contribution in [0.25, 0.3) is 11.3 Å². The van der Waals surface area contributed by atoms with Gasteiger partial charge in [0.15, 0.2) is 5.43 Å². The van der Waals surface area contributed by atoms with Crippen molar-refractivity contribution in [2.24, 2.45) is 0 Å². The maximum Gasteiger partial charge on any atom is 0.292 e. The summed E-state index contributed by atoms with van der Waals surface area (Å²) in [5.41, 5.74) is 0.693. The molecule has 0 fully saturated rings. The van der Waals surface area contributed by atoms with Crippen LogP contribution < -0.4 is 10.2 Å². The second kappa shape index (κ2) is 5.37. The van der Waals surface area contributed by atoms with E-state index in [1.54, 1.807) is 6.08 Å². The minimum Gasteiger partial charge on any atom is -0.468 e. The van der Waals surface area contributed by atoms with Gasteiger partial charge >= 0.3 is 0 Å². The minimum absolute atomic E-state index is 0.114. The van der Waals surface area contributed by atoms with Crippen LogP contribution in [0.5, 0.6) is 5.95 Å². The van der Waals surface area contributed by atoms with Crippen molar-refractivity contribution in [1.82, 2.24) is 0 Å². The van der Waals surface area contributed by atoms with Gasteiger partial charge in [0.1, 0.15) is 5.76 Å². The molecule has 0 bridgehead atoms. The molecular weight excluding hydrogens is 252 g/mol. The Balaban J connectivity index is 2.66. The Morgan fingerprint density at radius 1 is 1.25 bits per heavy atom. The van der Waals surface area contributed by atoms with Crippen molar-refractivity contribution in [1.29, 1.82) is 0 Å². The molecule has 3 heteroatoms. The number of methoxy groups -OCH3 is 1. The highest BCUT2D eigenvalue weighted by atomic mass is 16.6. The van der Waals surface area contributed by atoms with Gasteiger partial charge in [-0.2, -0.15) is 0 Å². The third-order valence-corrected chi connectivity index (χ3v) is 3.31. The largest absolute Gasteiger partial charge is 0.468 e. The van der Waals surface area contributed by atoms with Gasteiger partial charge in [0.05, 0.1) is 12.7 Å². The highest BCUT2D eigenvalue weighted by Gasteiger charge is 2.27. The zero-order valence-corrected chi connectivity index (χ0v) is 12.0. The molecule has 0 aliphatic carbocycles. The van der Waals surface area contributed by atoms with Crippen LogP contribution in [0.3, 0.4) is 0 Å². The fourth-order valence-corrected chi connectivity index (χ4v) is 2.04. The van der Waals surface area contributed by atoms with E-state index in [1.807, 2.05) is 44.2 Å². The molecule has 2 rings (SSSR count). The van der Waals surface area contributed by atoms with Crippen LogP contribution in [0.15, 0.2) is 58.3 Å². The summed E-state index contributed by atoms with van der Waals surface area (Å²) in [7, 11) is 1.50. The molecule has 0 saturated carbocycles. The van der Waals surface area contributed by atoms with E-state index in [9.17, 15) is 4.79 Å². The van der Waals surface area contributed by atoms with Crippen molar-refractivity contribution in [3.63, 3.8) is 0 Å².